The van der Waals surface area contributed by atoms with Crippen LogP contribution in [0, 0.1) is 19.7 Å². The van der Waals surface area contributed by atoms with Gasteiger partial charge >= 0.3 is 5.97 Å². The molecule has 0 aliphatic carbocycles. The van der Waals surface area contributed by atoms with Crippen LogP contribution in [0.25, 0.3) is 5.69 Å². The Hall–Kier alpha value is -2.54. The van der Waals surface area contributed by atoms with E-state index in [1.165, 1.54) is 6.07 Å². The number of carbonyl (C=O) groups excluding carboxylic acids is 1. The fourth-order valence-corrected chi connectivity index (χ4v) is 2.60. The lowest BCUT2D eigenvalue weighted by molar-refractivity contribution is 0.0461. The van der Waals surface area contributed by atoms with Crippen LogP contribution in [0.2, 0.25) is 0 Å². The van der Waals surface area contributed by atoms with E-state index in [0.29, 0.717) is 11.3 Å². The maximum atomic E-state index is 13.6. The molecule has 0 spiro atoms. The van der Waals surface area contributed by atoms with Crippen LogP contribution in [0.5, 0.6) is 0 Å². The van der Waals surface area contributed by atoms with Crippen LogP contribution in [-0.2, 0) is 11.3 Å². The lowest BCUT2D eigenvalue weighted by Gasteiger charge is -2.07. The highest BCUT2D eigenvalue weighted by atomic mass is 79.9. The van der Waals surface area contributed by atoms with Gasteiger partial charge in [-0.05, 0) is 43.7 Å². The van der Waals surface area contributed by atoms with Crippen molar-refractivity contribution in [1.29, 1.82) is 0 Å². The van der Waals surface area contributed by atoms with Crippen molar-refractivity contribution in [3.05, 3.63) is 75.3 Å². The first kappa shape index (κ1) is 17.3. The van der Waals surface area contributed by atoms with Gasteiger partial charge in [-0.3, -0.25) is 0 Å². The molecule has 7 heteroatoms. The van der Waals surface area contributed by atoms with Crippen LogP contribution in [0.3, 0.4) is 0 Å². The van der Waals surface area contributed by atoms with E-state index in [1.54, 1.807) is 29.8 Å². The minimum absolute atomic E-state index is 0.108. The number of rotatable bonds is 4. The third kappa shape index (κ3) is 3.61. The number of hydrogen-bond donors (Lipinski definition) is 0. The summed E-state index contributed by atoms with van der Waals surface area (Å²) >= 11 is 3.45. The monoisotopic (exact) mass is 403 g/mol. The number of hydrogen-bond acceptors (Lipinski definition) is 4. The molecule has 0 aliphatic rings. The highest BCUT2D eigenvalue weighted by molar-refractivity contribution is 9.10. The zero-order chi connectivity index (χ0) is 18.0. The van der Waals surface area contributed by atoms with Gasteiger partial charge in [0.1, 0.15) is 12.4 Å². The van der Waals surface area contributed by atoms with Crippen molar-refractivity contribution in [2.45, 2.75) is 20.5 Å². The Kier molecular flexibility index (Phi) is 4.94. The number of aryl methyl sites for hydroxylation is 1. The maximum absolute atomic E-state index is 13.6. The number of aromatic nitrogens is 3. The van der Waals surface area contributed by atoms with E-state index >= 15 is 0 Å². The van der Waals surface area contributed by atoms with E-state index < -0.39 is 11.8 Å². The highest BCUT2D eigenvalue weighted by Gasteiger charge is 2.19. The van der Waals surface area contributed by atoms with Crippen LogP contribution < -0.4 is 0 Å². The van der Waals surface area contributed by atoms with E-state index in [0.717, 1.165) is 15.7 Å². The second-order valence-corrected chi connectivity index (χ2v) is 6.39. The quantitative estimate of drug-likeness (QED) is 0.614. The van der Waals surface area contributed by atoms with Gasteiger partial charge in [-0.2, -0.15) is 0 Å². The van der Waals surface area contributed by atoms with Gasteiger partial charge < -0.3 is 4.74 Å². The molecule has 0 amide bonds. The van der Waals surface area contributed by atoms with E-state index in [1.807, 2.05) is 25.1 Å². The lowest BCUT2D eigenvalue weighted by Crippen LogP contribution is -2.09. The molecule has 0 saturated carbocycles. The van der Waals surface area contributed by atoms with Gasteiger partial charge in [0.25, 0.3) is 0 Å². The Bertz CT molecular complexity index is 940. The van der Waals surface area contributed by atoms with Crippen molar-refractivity contribution < 1.29 is 13.9 Å². The molecule has 0 saturated heterocycles. The molecule has 0 fully saturated rings. The summed E-state index contributed by atoms with van der Waals surface area (Å²) in [5.41, 5.74) is 2.80. The van der Waals surface area contributed by atoms with E-state index in [4.69, 9.17) is 4.74 Å². The summed E-state index contributed by atoms with van der Waals surface area (Å²) in [4.78, 5) is 12.2. The molecule has 0 aliphatic heterocycles. The average Bonchev–Trinajstić information content (AvgIpc) is 2.98. The molecule has 0 atom stereocenters. The third-order valence-electron chi connectivity index (χ3n) is 3.79. The van der Waals surface area contributed by atoms with Crippen molar-refractivity contribution in [2.24, 2.45) is 0 Å². The molecule has 25 heavy (non-hydrogen) atoms. The van der Waals surface area contributed by atoms with Crippen LogP contribution in [-0.4, -0.2) is 21.0 Å². The molecule has 0 radical (unpaired) electrons. The summed E-state index contributed by atoms with van der Waals surface area (Å²) in [5.74, 6) is -1.05. The molecular formula is C18H15BrFN3O2. The van der Waals surface area contributed by atoms with Crippen molar-refractivity contribution in [3.63, 3.8) is 0 Å². The lowest BCUT2D eigenvalue weighted by atomic mass is 10.2. The SMILES string of the molecule is Cc1cc(-n2nnc(C(=O)OCc3ccccc3F)c2C)ccc1Br. The van der Waals surface area contributed by atoms with Gasteiger partial charge in [-0.15, -0.1) is 5.10 Å². The molecule has 3 aromatic rings. The standard InChI is InChI=1S/C18H15BrFN3O2/c1-11-9-14(7-8-15(11)19)23-12(2)17(21-22-23)18(24)25-10-13-5-3-4-6-16(13)20/h3-9H,10H2,1-2H3. The smallest absolute Gasteiger partial charge is 0.361 e. The molecular weight excluding hydrogens is 389 g/mol. The number of benzene rings is 2. The summed E-state index contributed by atoms with van der Waals surface area (Å²) in [6.45, 7) is 3.54. The van der Waals surface area contributed by atoms with Crippen LogP contribution >= 0.6 is 15.9 Å². The number of halogens is 2. The third-order valence-corrected chi connectivity index (χ3v) is 4.68. The number of ether oxygens (including phenoxy) is 1. The molecule has 1 heterocycles. The van der Waals surface area contributed by atoms with Gasteiger partial charge in [0.05, 0.1) is 11.4 Å². The fraction of sp³-hybridized carbons (Fsp3) is 0.167. The Morgan fingerprint density at radius 3 is 2.72 bits per heavy atom. The summed E-state index contributed by atoms with van der Waals surface area (Å²) in [6, 6.07) is 11.9. The first-order chi connectivity index (χ1) is 12.0. The molecule has 3 rings (SSSR count). The van der Waals surface area contributed by atoms with Crippen molar-refractivity contribution >= 4 is 21.9 Å². The predicted octanol–water partition coefficient (Wildman–Crippen LogP) is 4.14. The van der Waals surface area contributed by atoms with Gasteiger partial charge in [-0.1, -0.05) is 39.3 Å². The van der Waals surface area contributed by atoms with Crippen molar-refractivity contribution in [2.75, 3.05) is 0 Å². The molecule has 2 aromatic carbocycles. The molecule has 128 valence electrons. The molecule has 0 N–H and O–H groups in total. The summed E-state index contributed by atoms with van der Waals surface area (Å²) in [5, 5.41) is 7.94. The Morgan fingerprint density at radius 2 is 2.00 bits per heavy atom. The van der Waals surface area contributed by atoms with Crippen molar-refractivity contribution in [3.8, 4) is 5.69 Å². The fourth-order valence-electron chi connectivity index (χ4n) is 2.35. The van der Waals surface area contributed by atoms with Crippen molar-refractivity contribution in [1.82, 2.24) is 15.0 Å². The van der Waals surface area contributed by atoms with E-state index in [-0.39, 0.29) is 12.3 Å². The minimum atomic E-state index is -0.638. The summed E-state index contributed by atoms with van der Waals surface area (Å²) in [7, 11) is 0. The van der Waals surface area contributed by atoms with E-state index in [9.17, 15) is 9.18 Å². The number of nitrogens with zero attached hydrogens (tertiary/aromatic N) is 3. The molecule has 0 unspecified atom stereocenters. The highest BCUT2D eigenvalue weighted by Crippen LogP contribution is 2.21. The molecule has 5 nitrogen and oxygen atoms in total. The molecule has 1 aromatic heterocycles. The van der Waals surface area contributed by atoms with Gasteiger partial charge in [0, 0.05) is 10.0 Å². The first-order valence-corrected chi connectivity index (χ1v) is 8.36. The Labute approximate surface area is 152 Å². The van der Waals surface area contributed by atoms with Gasteiger partial charge in [-0.25, -0.2) is 13.9 Å². The zero-order valence-corrected chi connectivity index (χ0v) is 15.2. The number of carbonyl (C=O) groups is 1. The Balaban J connectivity index is 1.79. The minimum Gasteiger partial charge on any atom is -0.456 e. The Morgan fingerprint density at radius 1 is 1.24 bits per heavy atom. The first-order valence-electron chi connectivity index (χ1n) is 7.56. The predicted molar refractivity (Wildman–Crippen MR) is 94.1 cm³/mol. The normalized spacial score (nSPS) is 10.7. The second-order valence-electron chi connectivity index (χ2n) is 5.54. The van der Waals surface area contributed by atoms with E-state index in [2.05, 4.69) is 26.2 Å². The number of esters is 1. The average molecular weight is 404 g/mol. The topological polar surface area (TPSA) is 57.0 Å². The van der Waals surface area contributed by atoms with Gasteiger partial charge in [0.2, 0.25) is 0 Å². The second kappa shape index (κ2) is 7.14. The maximum Gasteiger partial charge on any atom is 0.361 e. The van der Waals surface area contributed by atoms with Crippen LogP contribution in [0.4, 0.5) is 4.39 Å². The zero-order valence-electron chi connectivity index (χ0n) is 13.7. The largest absolute Gasteiger partial charge is 0.456 e. The summed E-state index contributed by atoms with van der Waals surface area (Å²) in [6.07, 6.45) is 0. The van der Waals surface area contributed by atoms with Crippen LogP contribution in [0.15, 0.2) is 46.9 Å². The summed E-state index contributed by atoms with van der Waals surface area (Å²) < 4.78 is 21.3. The van der Waals surface area contributed by atoms with Crippen LogP contribution in [0.1, 0.15) is 27.3 Å². The molecule has 0 bridgehead atoms. The van der Waals surface area contributed by atoms with Gasteiger partial charge in [0.15, 0.2) is 5.69 Å².